The van der Waals surface area contributed by atoms with Crippen molar-refractivity contribution in [2.24, 2.45) is 79.8 Å². The fourth-order valence-electron chi connectivity index (χ4n) is 8.27. The van der Waals surface area contributed by atoms with Crippen molar-refractivity contribution in [2.75, 3.05) is 0 Å². The summed E-state index contributed by atoms with van der Waals surface area (Å²) in [5.74, 6) is 10.9. The van der Waals surface area contributed by atoms with Crippen LogP contribution in [0.3, 0.4) is 0 Å². The van der Waals surface area contributed by atoms with Crippen LogP contribution in [0.2, 0.25) is 0 Å². The molecule has 72 valence electrons. The molecule has 0 atom stereocenters. The molecule has 18 aliphatic carbocycles. The third kappa shape index (κ3) is 0.155. The zero-order chi connectivity index (χ0) is 7.62. The van der Waals surface area contributed by atoms with Gasteiger partial charge in [-0.2, -0.15) is 0 Å². The Morgan fingerprint density at radius 2 is 0.533 bits per heavy atom. The lowest BCUT2D eigenvalue weighted by Gasteiger charge is -1.66. The molecule has 0 heteroatoms. The number of rotatable bonds is 0. The van der Waals surface area contributed by atoms with Crippen molar-refractivity contribution in [3.05, 3.63) is 0 Å². The average molecular weight is 192 g/mol. The standard InChI is InChI=1S/2C5H2.C4H4.CH4/c2*1-3-2-4(1,3)5(1,2)3;1-2-3(1)4(1)2;/h2*1-2H;1-4H;1H4. The molecule has 0 amide bonds. The maximum Gasteiger partial charge on any atom is -0.00808 e. The molecule has 0 aromatic rings. The van der Waals surface area contributed by atoms with E-state index in [1.54, 1.807) is 0 Å². The van der Waals surface area contributed by atoms with E-state index in [1.165, 1.54) is 79.8 Å². The predicted octanol–water partition coefficient (Wildman–Crippen LogP) is 1.62. The van der Waals surface area contributed by atoms with Gasteiger partial charge >= 0.3 is 0 Å². The lowest BCUT2D eigenvalue weighted by molar-refractivity contribution is 0.788. The van der Waals surface area contributed by atoms with Gasteiger partial charge in [0.15, 0.2) is 0 Å². The summed E-state index contributed by atoms with van der Waals surface area (Å²) in [7, 11) is 0. The topological polar surface area (TPSA) is 0 Å². The summed E-state index contributed by atoms with van der Waals surface area (Å²) in [6.45, 7) is 0. The summed E-state index contributed by atoms with van der Waals surface area (Å²) in [5, 5.41) is 0. The molecular formula is C15H12. The highest BCUT2D eigenvalue weighted by molar-refractivity contribution is 6.08. The lowest BCUT2D eigenvalue weighted by atomic mass is 10.4. The molecule has 0 N–H and O–H groups in total. The Kier molecular flexibility index (Phi) is 0.224. The van der Waals surface area contributed by atoms with Gasteiger partial charge in [0.05, 0.1) is 0 Å². The maximum absolute atomic E-state index is 1.40. The Labute approximate surface area is 87.8 Å². The van der Waals surface area contributed by atoms with Gasteiger partial charge < -0.3 is 0 Å². The molecule has 0 bridgehead atoms. The summed E-state index contributed by atoms with van der Waals surface area (Å²) in [4.78, 5) is 0. The van der Waals surface area contributed by atoms with E-state index in [-0.39, 0.29) is 7.43 Å². The Morgan fingerprint density at radius 3 is 0.533 bits per heavy atom. The van der Waals surface area contributed by atoms with E-state index in [4.69, 9.17) is 0 Å². The van der Waals surface area contributed by atoms with Crippen LogP contribution < -0.4 is 0 Å². The Balaban J connectivity index is 0.0000000512. The van der Waals surface area contributed by atoms with Gasteiger partial charge in [0.1, 0.15) is 0 Å². The highest BCUT2D eigenvalue weighted by Gasteiger charge is 3.64. The Hall–Kier alpha value is 0. The SMILES string of the molecule is C.C12C34C5C13C254.C12C34C5C13C254.C12C3C1C23. The molecule has 18 saturated carbocycles. The van der Waals surface area contributed by atoms with Crippen LogP contribution >= 0.6 is 0 Å². The van der Waals surface area contributed by atoms with Crippen LogP contribution in [-0.4, -0.2) is 0 Å². The van der Waals surface area contributed by atoms with E-state index in [0.29, 0.717) is 0 Å². The first-order valence-corrected chi connectivity index (χ1v) is 6.96. The van der Waals surface area contributed by atoms with Crippen LogP contribution in [0, 0.1) is 79.8 Å². The van der Waals surface area contributed by atoms with Crippen LogP contribution in [0.4, 0.5) is 0 Å². The van der Waals surface area contributed by atoms with Crippen LogP contribution in [0.15, 0.2) is 0 Å². The third-order valence-electron chi connectivity index (χ3n) is 10.5. The van der Waals surface area contributed by atoms with E-state index < -0.39 is 0 Å². The van der Waals surface area contributed by atoms with Gasteiger partial charge in [0.25, 0.3) is 0 Å². The molecule has 18 fully saturated rings. The molecule has 6 spiro atoms. The first kappa shape index (κ1) is 5.10. The quantitative estimate of drug-likeness (QED) is 0.547. The largest absolute Gasteiger partial charge is 0.0776 e. The van der Waals surface area contributed by atoms with E-state index in [9.17, 15) is 0 Å². The van der Waals surface area contributed by atoms with Crippen molar-refractivity contribution in [3.8, 4) is 0 Å². The lowest BCUT2D eigenvalue weighted by Crippen LogP contribution is -1.65. The molecule has 15 heavy (non-hydrogen) atoms. The van der Waals surface area contributed by atoms with Gasteiger partial charge in [-0.15, -0.1) is 0 Å². The highest BCUT2D eigenvalue weighted by atomic mass is 15.7. The van der Waals surface area contributed by atoms with Crippen molar-refractivity contribution in [1.82, 2.24) is 0 Å². The molecule has 0 saturated heterocycles. The van der Waals surface area contributed by atoms with Gasteiger partial charge in [-0.1, -0.05) is 7.43 Å². The van der Waals surface area contributed by atoms with Crippen molar-refractivity contribution in [2.45, 2.75) is 7.43 Å². The molecule has 0 heterocycles. The van der Waals surface area contributed by atoms with Crippen molar-refractivity contribution < 1.29 is 0 Å². The number of hydrogen-bond donors (Lipinski definition) is 0. The zero-order valence-corrected chi connectivity index (χ0v) is 7.62. The Morgan fingerprint density at radius 1 is 0.400 bits per heavy atom. The molecule has 0 unspecified atom stereocenters. The van der Waals surface area contributed by atoms with E-state index in [2.05, 4.69) is 0 Å². The van der Waals surface area contributed by atoms with Gasteiger partial charge in [0, 0.05) is 0 Å². The molecule has 0 nitrogen and oxygen atoms in total. The minimum atomic E-state index is 0. The van der Waals surface area contributed by atoms with Crippen LogP contribution in [0.1, 0.15) is 7.43 Å². The Bertz CT molecular complexity index is 482. The molecule has 18 aliphatic rings. The summed E-state index contributed by atoms with van der Waals surface area (Å²) in [5.41, 5.74) is 7.25. The van der Waals surface area contributed by atoms with Crippen LogP contribution in [0.5, 0.6) is 0 Å². The van der Waals surface area contributed by atoms with Crippen molar-refractivity contribution in [3.63, 3.8) is 0 Å². The molecule has 0 aliphatic heterocycles. The summed E-state index contributed by atoms with van der Waals surface area (Å²) < 4.78 is 0. The summed E-state index contributed by atoms with van der Waals surface area (Å²) in [6.07, 6.45) is 0. The zero-order valence-electron chi connectivity index (χ0n) is 7.62. The second kappa shape index (κ2) is 0.657. The molecule has 0 aromatic carbocycles. The fraction of sp³-hybridized carbons (Fsp3) is 1.00. The third-order valence-corrected chi connectivity index (χ3v) is 10.5. The van der Waals surface area contributed by atoms with Crippen LogP contribution in [0.25, 0.3) is 0 Å². The second-order valence-corrected chi connectivity index (χ2v) is 9.26. The highest BCUT2D eigenvalue weighted by Crippen LogP contribution is 3.65. The predicted molar refractivity (Wildman–Crippen MR) is 49.2 cm³/mol. The second-order valence-electron chi connectivity index (χ2n) is 9.26. The fourth-order valence-corrected chi connectivity index (χ4v) is 8.27. The van der Waals surface area contributed by atoms with Gasteiger partial charge in [-0.3, -0.25) is 0 Å². The molecule has 0 aromatic heterocycles. The van der Waals surface area contributed by atoms with E-state index >= 15 is 0 Å². The van der Waals surface area contributed by atoms with Crippen molar-refractivity contribution in [1.29, 1.82) is 0 Å². The van der Waals surface area contributed by atoms with E-state index in [0.717, 1.165) is 0 Å². The molecule has 0 radical (unpaired) electrons. The maximum atomic E-state index is 1.40. The van der Waals surface area contributed by atoms with Gasteiger partial charge in [-0.25, -0.2) is 0 Å². The van der Waals surface area contributed by atoms with Crippen LogP contribution in [-0.2, 0) is 0 Å². The van der Waals surface area contributed by atoms with E-state index in [1.807, 2.05) is 0 Å². The minimum Gasteiger partial charge on any atom is -0.0776 e. The average Bonchev–Trinajstić information content (AvgIpc) is 2.50. The molecule has 18 rings (SSSR count). The first-order valence-electron chi connectivity index (χ1n) is 6.96. The van der Waals surface area contributed by atoms with Gasteiger partial charge in [-0.05, 0) is 79.8 Å². The smallest absolute Gasteiger partial charge is 0.00808 e. The molecular weight excluding hydrogens is 180 g/mol. The normalized spacial score (nSPS) is 134. The summed E-state index contributed by atoms with van der Waals surface area (Å²) in [6, 6.07) is 0. The number of hydrogen-bond acceptors (Lipinski definition) is 0. The minimum absolute atomic E-state index is 0. The first-order chi connectivity index (χ1) is 6.96. The van der Waals surface area contributed by atoms with Gasteiger partial charge in [0.2, 0.25) is 0 Å². The van der Waals surface area contributed by atoms with Crippen molar-refractivity contribution >= 4 is 0 Å². The monoisotopic (exact) mass is 192 g/mol. The summed E-state index contributed by atoms with van der Waals surface area (Å²) >= 11 is 0.